The Bertz CT molecular complexity index is 1990. The Morgan fingerprint density at radius 1 is 0.875 bits per heavy atom. The first-order valence-corrected chi connectivity index (χ1v) is 25.0. The largest absolute Gasteiger partial charge is 0.305 e. The Labute approximate surface area is 306 Å². The molecule has 3 aromatic carbocycles. The summed E-state index contributed by atoms with van der Waals surface area (Å²) in [5.41, 5.74) is 7.20. The number of halogens is 1. The van der Waals surface area contributed by atoms with Crippen LogP contribution in [0.3, 0.4) is 0 Å². The van der Waals surface area contributed by atoms with Gasteiger partial charge in [0.1, 0.15) is 5.82 Å². The van der Waals surface area contributed by atoms with Crippen molar-refractivity contribution in [2.75, 3.05) is 0 Å². The van der Waals surface area contributed by atoms with Gasteiger partial charge in [-0.2, -0.15) is 11.3 Å². The molecular formula is C42H45FGeIrN2S-2. The number of fused-ring (bicyclic) bond motifs is 3. The van der Waals surface area contributed by atoms with E-state index in [4.69, 9.17) is 4.98 Å². The van der Waals surface area contributed by atoms with Crippen LogP contribution in [0.2, 0.25) is 17.3 Å². The van der Waals surface area contributed by atoms with E-state index in [1.54, 1.807) is 6.07 Å². The zero-order chi connectivity index (χ0) is 33.2. The van der Waals surface area contributed by atoms with E-state index in [1.165, 1.54) is 58.6 Å². The molecule has 0 atom stereocenters. The van der Waals surface area contributed by atoms with E-state index >= 15 is 0 Å². The SMILES string of the molecule is CC(C)(C)Cc1cc(-c2[c-]cccc2)nc[c]1[Ge]([CH3])([CH3])[CH3].Fc1cccc2c1sc1c[c-]c(-c3cc(CC4CCCC4)ccn3)cc12.[Ir]. The Morgan fingerprint density at radius 3 is 2.35 bits per heavy atom. The number of pyridine rings is 2. The minimum Gasteiger partial charge on any atom is -0.305 e. The van der Waals surface area contributed by atoms with Gasteiger partial charge in [-0.15, -0.1) is 23.8 Å². The number of aromatic nitrogens is 2. The van der Waals surface area contributed by atoms with Crippen LogP contribution in [0.5, 0.6) is 0 Å². The molecule has 0 saturated heterocycles. The maximum atomic E-state index is 14.1. The molecule has 0 amide bonds. The summed E-state index contributed by atoms with van der Waals surface area (Å²) in [6.45, 7) is 6.92. The maximum Gasteiger partial charge on any atom is 0.140 e. The van der Waals surface area contributed by atoms with Gasteiger partial charge in [0.05, 0.1) is 4.70 Å². The molecule has 7 rings (SSSR count). The Morgan fingerprint density at radius 2 is 1.65 bits per heavy atom. The van der Waals surface area contributed by atoms with E-state index in [1.807, 2.05) is 36.5 Å². The van der Waals surface area contributed by atoms with Gasteiger partial charge in [-0.25, -0.2) is 4.39 Å². The summed E-state index contributed by atoms with van der Waals surface area (Å²) >= 11 is -0.406. The second-order valence-corrected chi connectivity index (χ2v) is 26.9. The molecule has 1 radical (unpaired) electrons. The first-order valence-electron chi connectivity index (χ1n) is 16.9. The van der Waals surface area contributed by atoms with Gasteiger partial charge in [0, 0.05) is 26.3 Å². The average molecular weight is 894 g/mol. The molecule has 2 nitrogen and oxygen atoms in total. The fourth-order valence-corrected chi connectivity index (χ4v) is 11.1. The van der Waals surface area contributed by atoms with Crippen molar-refractivity contribution in [3.05, 3.63) is 114 Å². The summed E-state index contributed by atoms with van der Waals surface area (Å²) in [4.78, 5) is 9.29. The predicted octanol–water partition coefficient (Wildman–Crippen LogP) is 11.5. The van der Waals surface area contributed by atoms with Crippen LogP contribution in [0.1, 0.15) is 57.6 Å². The van der Waals surface area contributed by atoms with Crippen LogP contribution in [0.4, 0.5) is 4.39 Å². The molecule has 1 aliphatic carbocycles. The Hall–Kier alpha value is -2.70. The molecule has 251 valence electrons. The molecule has 0 spiro atoms. The third-order valence-corrected chi connectivity index (χ3v) is 14.5. The molecule has 48 heavy (non-hydrogen) atoms. The van der Waals surface area contributed by atoms with E-state index in [2.05, 4.69) is 91.7 Å². The molecule has 0 bridgehead atoms. The van der Waals surface area contributed by atoms with Crippen molar-refractivity contribution in [3.63, 3.8) is 0 Å². The molecule has 0 aliphatic heterocycles. The molecule has 3 heterocycles. The Balaban J connectivity index is 0.000000189. The van der Waals surface area contributed by atoms with Crippen molar-refractivity contribution in [1.29, 1.82) is 0 Å². The van der Waals surface area contributed by atoms with Crippen molar-refractivity contribution < 1.29 is 24.5 Å². The van der Waals surface area contributed by atoms with Gasteiger partial charge >= 0.3 is 132 Å². The van der Waals surface area contributed by atoms with Gasteiger partial charge in [0.15, 0.2) is 0 Å². The fourth-order valence-electron chi connectivity index (χ4n) is 6.74. The van der Waals surface area contributed by atoms with Crippen molar-refractivity contribution in [3.8, 4) is 22.5 Å². The fraction of sp³-hybridized carbons (Fsp3) is 0.333. The van der Waals surface area contributed by atoms with Crippen molar-refractivity contribution in [2.45, 2.75) is 76.6 Å². The van der Waals surface area contributed by atoms with Gasteiger partial charge in [0.25, 0.3) is 0 Å². The number of hydrogen-bond acceptors (Lipinski definition) is 3. The monoisotopic (exact) mass is 895 g/mol. The summed E-state index contributed by atoms with van der Waals surface area (Å²) in [7, 11) is 0. The number of thiophene rings is 1. The number of benzene rings is 3. The van der Waals surface area contributed by atoms with Crippen molar-refractivity contribution in [1.82, 2.24) is 9.97 Å². The van der Waals surface area contributed by atoms with Crippen LogP contribution in [0, 0.1) is 29.3 Å². The van der Waals surface area contributed by atoms with E-state index in [0.717, 1.165) is 61.4 Å². The van der Waals surface area contributed by atoms with Gasteiger partial charge in [-0.3, -0.25) is 0 Å². The summed E-state index contributed by atoms with van der Waals surface area (Å²) in [6, 6.07) is 30.7. The van der Waals surface area contributed by atoms with Crippen LogP contribution < -0.4 is 4.40 Å². The van der Waals surface area contributed by atoms with Gasteiger partial charge in [-0.05, 0) is 40.3 Å². The zero-order valence-corrected chi connectivity index (χ0v) is 34.2. The topological polar surface area (TPSA) is 25.8 Å². The maximum absolute atomic E-state index is 14.1. The molecule has 6 heteroatoms. The first kappa shape index (κ1) is 36.6. The number of hydrogen-bond donors (Lipinski definition) is 0. The molecule has 1 aliphatic rings. The third kappa shape index (κ3) is 8.90. The van der Waals surface area contributed by atoms with E-state index in [-0.39, 0.29) is 25.9 Å². The van der Waals surface area contributed by atoms with Gasteiger partial charge < -0.3 is 4.98 Å². The molecule has 1 saturated carbocycles. The summed E-state index contributed by atoms with van der Waals surface area (Å²) in [5.74, 6) is 7.99. The molecule has 0 N–H and O–H groups in total. The van der Waals surface area contributed by atoms with E-state index < -0.39 is 13.3 Å². The normalized spacial score (nSPS) is 13.7. The minimum absolute atomic E-state index is 0. The van der Waals surface area contributed by atoms with Gasteiger partial charge in [-0.1, -0.05) is 54.8 Å². The number of rotatable bonds is 6. The third-order valence-electron chi connectivity index (χ3n) is 8.98. The average Bonchev–Trinajstić information content (AvgIpc) is 3.69. The van der Waals surface area contributed by atoms with Crippen molar-refractivity contribution >= 4 is 49.2 Å². The summed E-state index contributed by atoms with van der Waals surface area (Å²) < 4.78 is 17.4. The summed E-state index contributed by atoms with van der Waals surface area (Å²) in [6.07, 6.45) is 11.7. The smallest absolute Gasteiger partial charge is 0.140 e. The molecule has 6 aromatic rings. The number of nitrogens with zero attached hydrogens (tertiary/aromatic N) is 2. The second-order valence-electron chi connectivity index (χ2n) is 15.2. The molecule has 3 aromatic heterocycles. The summed E-state index contributed by atoms with van der Waals surface area (Å²) in [5, 5.41) is 2.06. The molecule has 1 fully saturated rings. The van der Waals surface area contributed by atoms with Crippen molar-refractivity contribution in [2.24, 2.45) is 11.3 Å². The van der Waals surface area contributed by atoms with Gasteiger partial charge in [0.2, 0.25) is 0 Å². The zero-order valence-electron chi connectivity index (χ0n) is 28.9. The Kier molecular flexibility index (Phi) is 11.8. The molecular weight excluding hydrogens is 848 g/mol. The first-order chi connectivity index (χ1) is 22.4. The van der Waals surface area contributed by atoms with Crippen LogP contribution in [0.25, 0.3) is 42.7 Å². The van der Waals surface area contributed by atoms with E-state index in [0.29, 0.717) is 5.41 Å². The van der Waals surface area contributed by atoms with Crippen LogP contribution in [0.15, 0.2) is 85.2 Å². The van der Waals surface area contributed by atoms with Crippen LogP contribution in [-0.4, -0.2) is 23.2 Å². The van der Waals surface area contributed by atoms with Crippen LogP contribution in [-0.2, 0) is 32.9 Å². The van der Waals surface area contributed by atoms with E-state index in [9.17, 15) is 4.39 Å². The predicted molar refractivity (Wildman–Crippen MR) is 202 cm³/mol. The molecule has 0 unspecified atom stereocenters. The quantitative estimate of drug-likeness (QED) is 0.123. The standard InChI is InChI=1S/C23H19FNS.C19H26GeN.Ir/c24-20-7-3-6-18-19-14-17(8-9-22(19)26-23(18)20)21-13-16(10-11-25-21)12-15-4-1-2-5-15;1-19(2,3)13-16-12-18(15-10-8-7-9-11-15)21-14-17(16)20(4,5)6;/h3,6-7,9-11,13-15H,1-2,4-5,12H2;7-10,12,14H,13H2,1-6H3;/q2*-1;. The minimum atomic E-state index is -1.90. The van der Waals surface area contributed by atoms with Crippen LogP contribution >= 0.6 is 11.3 Å². The second kappa shape index (κ2) is 15.5.